The average Bonchev–Trinajstić information content (AvgIpc) is 2.84. The third-order valence-electron chi connectivity index (χ3n) is 2.51. The molecule has 7 nitrogen and oxygen atoms in total. The van der Waals surface area contributed by atoms with E-state index in [4.69, 9.17) is 0 Å². The van der Waals surface area contributed by atoms with Gasteiger partial charge in [0.2, 0.25) is 5.91 Å². The fourth-order valence-corrected chi connectivity index (χ4v) is 2.74. The van der Waals surface area contributed by atoms with Crippen molar-refractivity contribution in [3.05, 3.63) is 12.0 Å². The maximum absolute atomic E-state index is 12.2. The van der Waals surface area contributed by atoms with Gasteiger partial charge in [0.05, 0.1) is 12.7 Å². The summed E-state index contributed by atoms with van der Waals surface area (Å²) in [7, 11) is -2.22. The molecule has 1 aromatic rings. The second-order valence-electron chi connectivity index (χ2n) is 3.65. The van der Waals surface area contributed by atoms with Gasteiger partial charge in [-0.2, -0.15) is 4.31 Å². The van der Waals surface area contributed by atoms with Gasteiger partial charge in [0.1, 0.15) is 5.82 Å². The van der Waals surface area contributed by atoms with Crippen molar-refractivity contribution in [1.29, 1.82) is 0 Å². The molecule has 0 saturated carbocycles. The van der Waals surface area contributed by atoms with Crippen LogP contribution in [-0.2, 0) is 21.2 Å². The molecule has 18 heavy (non-hydrogen) atoms. The second-order valence-corrected chi connectivity index (χ2v) is 5.56. The van der Waals surface area contributed by atoms with E-state index in [1.807, 2.05) is 6.92 Å². The molecule has 1 rings (SSSR count). The lowest BCUT2D eigenvalue weighted by atomic mass is 10.5. The molecule has 8 heteroatoms. The number of sulfonamides is 1. The largest absolute Gasteiger partial charge is 0.358 e. The Morgan fingerprint density at radius 2 is 2.17 bits per heavy atom. The number of hydrogen-bond donors (Lipinski definition) is 2. The molecule has 0 aliphatic carbocycles. The highest BCUT2D eigenvalue weighted by Gasteiger charge is 2.26. The first-order valence-electron chi connectivity index (χ1n) is 5.70. The Balaban J connectivity index is 2.99. The quantitative estimate of drug-likeness (QED) is 0.746. The van der Waals surface area contributed by atoms with Crippen molar-refractivity contribution in [2.24, 2.45) is 0 Å². The van der Waals surface area contributed by atoms with Crippen molar-refractivity contribution in [1.82, 2.24) is 19.6 Å². The van der Waals surface area contributed by atoms with E-state index in [2.05, 4.69) is 15.3 Å². The molecular weight excluding hydrogens is 256 g/mol. The number of amides is 1. The Morgan fingerprint density at radius 1 is 1.50 bits per heavy atom. The predicted molar refractivity (Wildman–Crippen MR) is 66.5 cm³/mol. The van der Waals surface area contributed by atoms with Gasteiger partial charge in [-0.05, 0) is 0 Å². The number of aromatic nitrogens is 2. The van der Waals surface area contributed by atoms with E-state index in [9.17, 15) is 13.2 Å². The van der Waals surface area contributed by atoms with Crippen LogP contribution in [0.25, 0.3) is 0 Å². The summed E-state index contributed by atoms with van der Waals surface area (Å²) < 4.78 is 25.5. The summed E-state index contributed by atoms with van der Waals surface area (Å²) >= 11 is 0. The molecule has 2 N–H and O–H groups in total. The molecule has 0 bridgehead atoms. The summed E-state index contributed by atoms with van der Waals surface area (Å²) in [6, 6.07) is 0. The maximum Gasteiger partial charge on any atom is 0.260 e. The predicted octanol–water partition coefficient (Wildman–Crippen LogP) is -0.271. The van der Waals surface area contributed by atoms with E-state index in [-0.39, 0.29) is 24.0 Å². The number of H-pyrrole nitrogens is 1. The van der Waals surface area contributed by atoms with Crippen LogP contribution in [0, 0.1) is 0 Å². The standard InChI is InChI=1S/C10H18N4O3S/c1-4-8-12-6-10(13-8)18(16,17)14(5-2)7-9(15)11-3/h6H,4-5,7H2,1-3H3,(H,11,15)(H,12,13). The van der Waals surface area contributed by atoms with Crippen LogP contribution >= 0.6 is 0 Å². The zero-order chi connectivity index (χ0) is 13.8. The van der Waals surface area contributed by atoms with Gasteiger partial charge in [-0.1, -0.05) is 13.8 Å². The maximum atomic E-state index is 12.2. The molecule has 0 unspecified atom stereocenters. The molecule has 0 aliphatic rings. The summed E-state index contributed by atoms with van der Waals surface area (Å²) in [6.07, 6.45) is 1.90. The Kier molecular flexibility index (Phi) is 4.85. The van der Waals surface area contributed by atoms with Gasteiger partial charge >= 0.3 is 0 Å². The number of imidazole rings is 1. The lowest BCUT2D eigenvalue weighted by Gasteiger charge is -2.18. The number of nitrogens with one attached hydrogen (secondary N) is 2. The Morgan fingerprint density at radius 3 is 2.61 bits per heavy atom. The van der Waals surface area contributed by atoms with E-state index < -0.39 is 10.0 Å². The number of carbonyl (C=O) groups excluding carboxylic acids is 1. The van der Waals surface area contributed by atoms with E-state index in [1.54, 1.807) is 6.92 Å². The van der Waals surface area contributed by atoms with E-state index >= 15 is 0 Å². The molecule has 0 saturated heterocycles. The first-order valence-corrected chi connectivity index (χ1v) is 7.14. The molecule has 1 aromatic heterocycles. The molecule has 1 heterocycles. The molecule has 102 valence electrons. The van der Waals surface area contributed by atoms with Crippen molar-refractivity contribution in [3.63, 3.8) is 0 Å². The van der Waals surface area contributed by atoms with Gasteiger partial charge in [-0.25, -0.2) is 13.4 Å². The highest BCUT2D eigenvalue weighted by atomic mass is 32.2. The first-order chi connectivity index (χ1) is 8.45. The third-order valence-corrected chi connectivity index (χ3v) is 4.34. The minimum atomic E-state index is -3.69. The number of likely N-dealkylation sites (N-methyl/N-ethyl adjacent to an activating group) is 2. The topological polar surface area (TPSA) is 95.2 Å². The summed E-state index contributed by atoms with van der Waals surface area (Å²) in [5, 5.41) is 2.42. The van der Waals surface area contributed by atoms with Crippen LogP contribution in [-0.4, -0.2) is 48.7 Å². The van der Waals surface area contributed by atoms with Gasteiger partial charge in [0, 0.05) is 20.0 Å². The van der Waals surface area contributed by atoms with E-state index in [0.29, 0.717) is 12.2 Å². The van der Waals surface area contributed by atoms with Crippen molar-refractivity contribution in [2.75, 3.05) is 20.1 Å². The molecule has 0 fully saturated rings. The summed E-state index contributed by atoms with van der Waals surface area (Å²) in [4.78, 5) is 18.0. The highest BCUT2D eigenvalue weighted by Crippen LogP contribution is 2.13. The number of aryl methyl sites for hydroxylation is 1. The lowest BCUT2D eigenvalue weighted by Crippen LogP contribution is -2.39. The highest BCUT2D eigenvalue weighted by molar-refractivity contribution is 7.89. The zero-order valence-corrected chi connectivity index (χ0v) is 11.5. The fourth-order valence-electron chi connectivity index (χ4n) is 1.40. The van der Waals surface area contributed by atoms with E-state index in [1.165, 1.54) is 13.2 Å². The fraction of sp³-hybridized carbons (Fsp3) is 0.600. The third kappa shape index (κ3) is 3.08. The summed E-state index contributed by atoms with van der Waals surface area (Å²) in [6.45, 7) is 3.57. The molecule has 0 aromatic carbocycles. The molecule has 1 amide bonds. The second kappa shape index (κ2) is 5.96. The summed E-state index contributed by atoms with van der Waals surface area (Å²) in [5.41, 5.74) is 0. The molecule has 0 radical (unpaired) electrons. The van der Waals surface area contributed by atoms with Crippen LogP contribution in [0.15, 0.2) is 11.2 Å². The zero-order valence-electron chi connectivity index (χ0n) is 10.7. The minimum Gasteiger partial charge on any atom is -0.358 e. The molecule has 0 spiro atoms. The van der Waals surface area contributed by atoms with Crippen LogP contribution < -0.4 is 5.32 Å². The summed E-state index contributed by atoms with van der Waals surface area (Å²) in [5.74, 6) is 0.250. The van der Waals surface area contributed by atoms with Gasteiger partial charge in [0.15, 0.2) is 5.03 Å². The van der Waals surface area contributed by atoms with Crippen LogP contribution in [0.5, 0.6) is 0 Å². The Hall–Kier alpha value is -1.41. The number of hydrogen-bond acceptors (Lipinski definition) is 4. The average molecular weight is 274 g/mol. The first kappa shape index (κ1) is 14.7. The van der Waals surface area contributed by atoms with Crippen LogP contribution in [0.1, 0.15) is 19.7 Å². The van der Waals surface area contributed by atoms with Crippen LogP contribution in [0.3, 0.4) is 0 Å². The SMILES string of the molecule is CCc1ncc(S(=O)(=O)N(CC)CC(=O)NC)[nH]1. The van der Waals surface area contributed by atoms with Gasteiger partial charge in [-0.3, -0.25) is 4.79 Å². The lowest BCUT2D eigenvalue weighted by molar-refractivity contribution is -0.120. The van der Waals surface area contributed by atoms with Gasteiger partial charge in [-0.15, -0.1) is 0 Å². The number of aromatic amines is 1. The monoisotopic (exact) mass is 274 g/mol. The smallest absolute Gasteiger partial charge is 0.260 e. The molecular formula is C10H18N4O3S. The Labute approximate surface area is 107 Å². The van der Waals surface area contributed by atoms with Crippen LogP contribution in [0.4, 0.5) is 0 Å². The van der Waals surface area contributed by atoms with E-state index in [0.717, 1.165) is 4.31 Å². The van der Waals surface area contributed by atoms with Crippen LogP contribution in [0.2, 0.25) is 0 Å². The minimum absolute atomic E-state index is 0.0186. The van der Waals surface area contributed by atoms with Gasteiger partial charge < -0.3 is 10.3 Å². The normalized spacial score (nSPS) is 11.8. The van der Waals surface area contributed by atoms with Gasteiger partial charge in [0.25, 0.3) is 10.0 Å². The molecule has 0 atom stereocenters. The number of rotatable bonds is 6. The molecule has 0 aliphatic heterocycles. The number of nitrogens with zero attached hydrogens (tertiary/aromatic N) is 2. The van der Waals surface area contributed by atoms with Crippen molar-refractivity contribution in [2.45, 2.75) is 25.3 Å². The number of carbonyl (C=O) groups is 1. The van der Waals surface area contributed by atoms with Crippen molar-refractivity contribution >= 4 is 15.9 Å². The Bertz CT molecular complexity index is 509. The van der Waals surface area contributed by atoms with Crippen molar-refractivity contribution < 1.29 is 13.2 Å². The van der Waals surface area contributed by atoms with Crippen molar-refractivity contribution in [3.8, 4) is 0 Å².